The monoisotopic (exact) mass is 278 g/mol. The van der Waals surface area contributed by atoms with E-state index >= 15 is 0 Å². The van der Waals surface area contributed by atoms with Crippen molar-refractivity contribution in [3.63, 3.8) is 0 Å². The number of aryl methyl sites for hydroxylation is 1. The second kappa shape index (κ2) is 5.05. The molecule has 1 aromatic heterocycles. The first-order valence-electron chi connectivity index (χ1n) is 6.86. The van der Waals surface area contributed by atoms with Gasteiger partial charge in [-0.2, -0.15) is 0 Å². The van der Waals surface area contributed by atoms with E-state index in [4.69, 9.17) is 0 Å². The minimum absolute atomic E-state index is 0.805. The Kier molecular flexibility index (Phi) is 3.22. The van der Waals surface area contributed by atoms with Gasteiger partial charge in [-0.1, -0.05) is 48.7 Å². The smallest absolute Gasteiger partial charge is 0.123 e. The summed E-state index contributed by atoms with van der Waals surface area (Å²) in [6, 6.07) is 8.36. The number of fused-ring (bicyclic) bond motifs is 3. The van der Waals surface area contributed by atoms with Crippen LogP contribution in [-0.4, -0.2) is 26.9 Å². The predicted molar refractivity (Wildman–Crippen MR) is 85.2 cm³/mol. The van der Waals surface area contributed by atoms with Crippen molar-refractivity contribution in [2.75, 3.05) is 7.05 Å². The highest BCUT2D eigenvalue weighted by Gasteiger charge is 2.23. The van der Waals surface area contributed by atoms with Gasteiger partial charge >= 0.3 is 0 Å². The van der Waals surface area contributed by atoms with Gasteiger partial charge in [-0.15, -0.1) is 5.10 Å². The zero-order valence-corrected chi connectivity index (χ0v) is 12.4. The van der Waals surface area contributed by atoms with E-state index in [0.717, 1.165) is 34.8 Å². The molecule has 4 heteroatoms. The number of benzene rings is 1. The lowest BCUT2D eigenvalue weighted by Crippen LogP contribution is -2.20. The van der Waals surface area contributed by atoms with E-state index in [-0.39, 0.29) is 0 Å². The molecule has 0 aliphatic carbocycles. The van der Waals surface area contributed by atoms with Crippen LogP contribution in [0.5, 0.6) is 0 Å². The molecule has 106 valence electrons. The predicted octanol–water partition coefficient (Wildman–Crippen LogP) is 3.01. The zero-order chi connectivity index (χ0) is 15.0. The van der Waals surface area contributed by atoms with Crippen molar-refractivity contribution in [3.8, 4) is 11.3 Å². The molecule has 1 aliphatic heterocycles. The summed E-state index contributed by atoms with van der Waals surface area (Å²) >= 11 is 0. The summed E-state index contributed by atoms with van der Waals surface area (Å²) in [7, 11) is 3.97. The first kappa shape index (κ1) is 13.4. The number of hydrogen-bond donors (Lipinski definition) is 0. The molecule has 4 nitrogen and oxygen atoms in total. The average Bonchev–Trinajstić information content (AvgIpc) is 2.84. The summed E-state index contributed by atoms with van der Waals surface area (Å²) in [5, 5.41) is 8.56. The SMILES string of the molecule is C=C/C1=C(\C=C)N(C)Cc2ccccc2-c2c1nnn2C. The third-order valence-electron chi connectivity index (χ3n) is 3.85. The third-order valence-corrected chi connectivity index (χ3v) is 3.85. The summed E-state index contributed by atoms with van der Waals surface area (Å²) in [5.74, 6) is 0. The topological polar surface area (TPSA) is 34.0 Å². The van der Waals surface area contributed by atoms with Crippen LogP contribution in [0.25, 0.3) is 16.8 Å². The molecule has 0 saturated carbocycles. The van der Waals surface area contributed by atoms with Gasteiger partial charge in [-0.05, 0) is 11.6 Å². The Bertz CT molecular complexity index is 752. The number of nitrogens with zero attached hydrogens (tertiary/aromatic N) is 4. The van der Waals surface area contributed by atoms with Crippen LogP contribution in [0.1, 0.15) is 11.3 Å². The Labute approximate surface area is 124 Å². The number of rotatable bonds is 2. The highest BCUT2D eigenvalue weighted by Crippen LogP contribution is 2.35. The molecule has 0 amide bonds. The van der Waals surface area contributed by atoms with Crippen molar-refractivity contribution in [1.82, 2.24) is 19.9 Å². The maximum absolute atomic E-state index is 4.35. The summed E-state index contributed by atoms with van der Waals surface area (Å²) in [5.41, 5.74) is 6.25. The van der Waals surface area contributed by atoms with Crippen LogP contribution in [0.4, 0.5) is 0 Å². The first-order valence-corrected chi connectivity index (χ1v) is 6.86. The highest BCUT2D eigenvalue weighted by molar-refractivity contribution is 5.85. The average molecular weight is 278 g/mol. The largest absolute Gasteiger partial charge is 0.370 e. The second-order valence-electron chi connectivity index (χ2n) is 5.13. The van der Waals surface area contributed by atoms with E-state index in [1.54, 1.807) is 0 Å². The molecule has 3 rings (SSSR count). The Morgan fingerprint density at radius 2 is 1.90 bits per heavy atom. The Hall–Kier alpha value is -2.62. The Morgan fingerprint density at radius 1 is 1.14 bits per heavy atom. The van der Waals surface area contributed by atoms with E-state index < -0.39 is 0 Å². The summed E-state index contributed by atoms with van der Waals surface area (Å²) in [6.07, 6.45) is 3.68. The van der Waals surface area contributed by atoms with Crippen LogP contribution >= 0.6 is 0 Å². The lowest BCUT2D eigenvalue weighted by molar-refractivity contribution is 0.426. The normalized spacial score (nSPS) is 17.5. The molecular weight excluding hydrogens is 260 g/mol. The Morgan fingerprint density at radius 3 is 2.62 bits per heavy atom. The first-order chi connectivity index (χ1) is 10.2. The molecule has 21 heavy (non-hydrogen) atoms. The zero-order valence-electron chi connectivity index (χ0n) is 12.4. The fraction of sp³-hybridized carbons (Fsp3) is 0.176. The van der Waals surface area contributed by atoms with Crippen molar-refractivity contribution in [3.05, 3.63) is 66.5 Å². The van der Waals surface area contributed by atoms with Crippen LogP contribution in [0.2, 0.25) is 0 Å². The molecule has 0 spiro atoms. The van der Waals surface area contributed by atoms with Crippen molar-refractivity contribution in [2.24, 2.45) is 7.05 Å². The molecule has 0 saturated heterocycles. The van der Waals surface area contributed by atoms with Gasteiger partial charge in [0.25, 0.3) is 0 Å². The summed E-state index contributed by atoms with van der Waals surface area (Å²) < 4.78 is 1.82. The van der Waals surface area contributed by atoms with Gasteiger partial charge in [0.15, 0.2) is 0 Å². The van der Waals surface area contributed by atoms with Gasteiger partial charge in [-0.3, -0.25) is 0 Å². The lowest BCUT2D eigenvalue weighted by atomic mass is 9.96. The molecule has 0 unspecified atom stereocenters. The molecule has 1 aliphatic rings. The summed E-state index contributed by atoms with van der Waals surface area (Å²) in [6.45, 7) is 8.69. The van der Waals surface area contributed by atoms with Crippen molar-refractivity contribution in [2.45, 2.75) is 6.54 Å². The van der Waals surface area contributed by atoms with Crippen LogP contribution in [0.3, 0.4) is 0 Å². The van der Waals surface area contributed by atoms with Gasteiger partial charge < -0.3 is 4.90 Å². The number of allylic oxidation sites excluding steroid dienone is 3. The fourth-order valence-corrected chi connectivity index (χ4v) is 2.86. The highest BCUT2D eigenvalue weighted by atomic mass is 15.4. The molecule has 0 atom stereocenters. The summed E-state index contributed by atoms with van der Waals surface area (Å²) in [4.78, 5) is 2.17. The van der Waals surface area contributed by atoms with E-state index in [2.05, 4.69) is 53.6 Å². The maximum Gasteiger partial charge on any atom is 0.123 e. The van der Waals surface area contributed by atoms with E-state index in [1.165, 1.54) is 5.56 Å². The fourth-order valence-electron chi connectivity index (χ4n) is 2.86. The molecule has 2 heterocycles. The molecule has 0 fully saturated rings. The van der Waals surface area contributed by atoms with Crippen LogP contribution in [0, 0.1) is 0 Å². The van der Waals surface area contributed by atoms with Crippen molar-refractivity contribution < 1.29 is 0 Å². The van der Waals surface area contributed by atoms with Gasteiger partial charge in [-0.25, -0.2) is 4.68 Å². The minimum atomic E-state index is 0.805. The third kappa shape index (κ3) is 2.00. The quantitative estimate of drug-likeness (QED) is 0.847. The molecular formula is C17H18N4. The molecule has 0 bridgehead atoms. The van der Waals surface area contributed by atoms with Gasteiger partial charge in [0.1, 0.15) is 5.69 Å². The van der Waals surface area contributed by atoms with E-state index in [9.17, 15) is 0 Å². The van der Waals surface area contributed by atoms with Crippen molar-refractivity contribution in [1.29, 1.82) is 0 Å². The number of likely N-dealkylation sites (N-methyl/N-ethyl adjacent to an activating group) is 1. The molecule has 1 aromatic carbocycles. The number of hydrogen-bond acceptors (Lipinski definition) is 3. The van der Waals surface area contributed by atoms with Crippen molar-refractivity contribution >= 4 is 5.57 Å². The molecule has 2 aromatic rings. The number of aromatic nitrogens is 3. The van der Waals surface area contributed by atoms with E-state index in [0.29, 0.717) is 0 Å². The standard InChI is InChI=1S/C17H18N4/c1-5-13-15(6-2)20(3)11-12-9-7-8-10-14(12)17-16(13)18-19-21(17)4/h5-10H,1-2,11H2,3-4H3/b15-13-. The second-order valence-corrected chi connectivity index (χ2v) is 5.13. The van der Waals surface area contributed by atoms with Crippen LogP contribution < -0.4 is 0 Å². The van der Waals surface area contributed by atoms with Gasteiger partial charge in [0, 0.05) is 37.5 Å². The lowest BCUT2D eigenvalue weighted by Gasteiger charge is -2.26. The van der Waals surface area contributed by atoms with Gasteiger partial charge in [0.05, 0.1) is 5.69 Å². The molecule has 0 radical (unpaired) electrons. The van der Waals surface area contributed by atoms with Gasteiger partial charge in [0.2, 0.25) is 0 Å². The Balaban J connectivity index is 2.40. The van der Waals surface area contributed by atoms with Crippen LogP contribution in [-0.2, 0) is 13.6 Å². The molecule has 0 N–H and O–H groups in total. The van der Waals surface area contributed by atoms with Crippen LogP contribution in [0.15, 0.2) is 55.3 Å². The van der Waals surface area contributed by atoms with E-state index in [1.807, 2.05) is 29.9 Å². The maximum atomic E-state index is 4.35. The minimum Gasteiger partial charge on any atom is -0.370 e.